The van der Waals surface area contributed by atoms with Crippen LogP contribution in [0.4, 0.5) is 0 Å². The summed E-state index contributed by atoms with van der Waals surface area (Å²) in [4.78, 5) is 0. The fourth-order valence-electron chi connectivity index (χ4n) is 3.57. The molecule has 0 unspecified atom stereocenters. The fraction of sp³-hybridized carbons (Fsp3) is 0.333. The molecule has 2 aliphatic rings. The molecule has 2 bridgehead atoms. The molecule has 0 amide bonds. The van der Waals surface area contributed by atoms with Gasteiger partial charge < -0.3 is 4.74 Å². The Labute approximate surface area is 114 Å². The van der Waals surface area contributed by atoms with Crippen molar-refractivity contribution in [2.75, 3.05) is 0 Å². The molecule has 0 aromatic heterocycles. The van der Waals surface area contributed by atoms with Crippen molar-refractivity contribution in [3.05, 3.63) is 59.7 Å². The molecular weight excluding hydrogens is 232 g/mol. The molecule has 1 heteroatoms. The first kappa shape index (κ1) is 11.2. The molecule has 0 spiro atoms. The molecule has 1 fully saturated rings. The van der Waals surface area contributed by atoms with E-state index in [0.717, 1.165) is 12.8 Å². The van der Waals surface area contributed by atoms with Crippen LogP contribution in [0.15, 0.2) is 48.5 Å². The van der Waals surface area contributed by atoms with Crippen molar-refractivity contribution in [1.29, 1.82) is 0 Å². The summed E-state index contributed by atoms with van der Waals surface area (Å²) in [6.07, 6.45) is 3.88. The highest BCUT2D eigenvalue weighted by Gasteiger charge is 2.43. The second kappa shape index (κ2) is 3.94. The summed E-state index contributed by atoms with van der Waals surface area (Å²) in [5, 5.41) is 0. The van der Waals surface area contributed by atoms with E-state index in [1.165, 1.54) is 28.7 Å². The van der Waals surface area contributed by atoms with Crippen molar-refractivity contribution in [2.45, 2.75) is 37.9 Å². The van der Waals surface area contributed by atoms with Gasteiger partial charge in [-0.25, -0.2) is 0 Å². The molecule has 0 saturated carbocycles. The van der Waals surface area contributed by atoms with Crippen LogP contribution in [0.5, 0.6) is 0 Å². The van der Waals surface area contributed by atoms with E-state index in [2.05, 4.69) is 55.5 Å². The van der Waals surface area contributed by atoms with Gasteiger partial charge in [0.15, 0.2) is 0 Å². The van der Waals surface area contributed by atoms with Gasteiger partial charge in [-0.3, -0.25) is 0 Å². The molecule has 0 radical (unpaired) electrons. The lowest BCUT2D eigenvalue weighted by atomic mass is 9.86. The van der Waals surface area contributed by atoms with Gasteiger partial charge in [-0.05, 0) is 54.5 Å². The highest BCUT2D eigenvalue weighted by molar-refractivity contribution is 5.65. The largest absolute Gasteiger partial charge is 0.367 e. The highest BCUT2D eigenvalue weighted by Crippen LogP contribution is 2.46. The van der Waals surface area contributed by atoms with Crippen LogP contribution < -0.4 is 0 Å². The second-order valence-corrected chi connectivity index (χ2v) is 5.95. The molecule has 4 rings (SSSR count). The normalized spacial score (nSPS) is 28.2. The number of hydrogen-bond donors (Lipinski definition) is 0. The lowest BCUT2D eigenvalue weighted by Gasteiger charge is -2.33. The average Bonchev–Trinajstić information content (AvgIpc) is 2.77. The Morgan fingerprint density at radius 1 is 1.05 bits per heavy atom. The quantitative estimate of drug-likeness (QED) is 0.733. The van der Waals surface area contributed by atoms with Gasteiger partial charge in [-0.15, -0.1) is 0 Å². The molecule has 1 nitrogen and oxygen atoms in total. The first-order valence-electron chi connectivity index (χ1n) is 7.11. The summed E-state index contributed by atoms with van der Waals surface area (Å²) in [5.74, 6) is 0. The summed E-state index contributed by atoms with van der Waals surface area (Å²) in [7, 11) is 0. The van der Waals surface area contributed by atoms with Crippen LogP contribution in [0.25, 0.3) is 11.1 Å². The molecule has 2 aromatic rings. The lowest BCUT2D eigenvalue weighted by Crippen LogP contribution is -2.29. The predicted octanol–water partition coefficient (Wildman–Crippen LogP) is 4.30. The van der Waals surface area contributed by atoms with Crippen LogP contribution in [0, 0.1) is 0 Å². The number of fused-ring (bicyclic) bond motifs is 4. The number of benzene rings is 2. The summed E-state index contributed by atoms with van der Waals surface area (Å²) in [6, 6.07) is 17.5. The highest BCUT2D eigenvalue weighted by atomic mass is 16.5. The third-order valence-corrected chi connectivity index (χ3v) is 4.60. The van der Waals surface area contributed by atoms with Gasteiger partial charge in [-0.1, -0.05) is 42.5 Å². The van der Waals surface area contributed by atoms with E-state index in [4.69, 9.17) is 4.74 Å². The topological polar surface area (TPSA) is 9.23 Å². The van der Waals surface area contributed by atoms with Gasteiger partial charge in [-0.2, -0.15) is 0 Å². The molecule has 19 heavy (non-hydrogen) atoms. The summed E-state index contributed by atoms with van der Waals surface area (Å²) in [5.41, 5.74) is 5.42. The van der Waals surface area contributed by atoms with Crippen LogP contribution in [-0.2, 0) is 16.8 Å². The molecular formula is C18H18O. The Morgan fingerprint density at radius 2 is 1.89 bits per heavy atom. The van der Waals surface area contributed by atoms with Crippen LogP contribution in [0.3, 0.4) is 0 Å². The summed E-state index contributed by atoms with van der Waals surface area (Å²) in [6.45, 7) is 2.25. The first-order chi connectivity index (χ1) is 9.24. The van der Waals surface area contributed by atoms with E-state index < -0.39 is 0 Å². The van der Waals surface area contributed by atoms with Crippen molar-refractivity contribution in [1.82, 2.24) is 0 Å². The lowest BCUT2D eigenvalue weighted by molar-refractivity contribution is -0.0437. The maximum Gasteiger partial charge on any atom is 0.0911 e. The first-order valence-corrected chi connectivity index (χ1v) is 7.11. The minimum atomic E-state index is -0.0525. The SMILES string of the molecule is C[C@@]12CC[C@@H](Cc3ccc(-c4ccccc4)cc31)O2. The van der Waals surface area contributed by atoms with E-state index in [9.17, 15) is 0 Å². The minimum absolute atomic E-state index is 0.0525. The van der Waals surface area contributed by atoms with E-state index in [1.54, 1.807) is 0 Å². The summed E-state index contributed by atoms with van der Waals surface area (Å²) < 4.78 is 6.20. The monoisotopic (exact) mass is 250 g/mol. The van der Waals surface area contributed by atoms with Crippen molar-refractivity contribution in [2.24, 2.45) is 0 Å². The van der Waals surface area contributed by atoms with Crippen LogP contribution in [0.1, 0.15) is 30.9 Å². The molecule has 0 aliphatic carbocycles. The van der Waals surface area contributed by atoms with Crippen LogP contribution >= 0.6 is 0 Å². The molecule has 96 valence electrons. The Bertz CT molecular complexity index is 617. The Hall–Kier alpha value is -1.60. The Kier molecular flexibility index (Phi) is 2.33. The Morgan fingerprint density at radius 3 is 2.74 bits per heavy atom. The molecule has 2 atom stereocenters. The van der Waals surface area contributed by atoms with E-state index >= 15 is 0 Å². The number of hydrogen-bond acceptors (Lipinski definition) is 1. The minimum Gasteiger partial charge on any atom is -0.367 e. The third kappa shape index (κ3) is 1.73. The van der Waals surface area contributed by atoms with Gasteiger partial charge in [0.1, 0.15) is 0 Å². The maximum atomic E-state index is 6.20. The van der Waals surface area contributed by atoms with Gasteiger partial charge in [0.2, 0.25) is 0 Å². The van der Waals surface area contributed by atoms with Gasteiger partial charge in [0.05, 0.1) is 11.7 Å². The van der Waals surface area contributed by atoms with Crippen molar-refractivity contribution in [3.63, 3.8) is 0 Å². The zero-order chi connectivity index (χ0) is 12.9. The average molecular weight is 250 g/mol. The molecule has 2 aromatic carbocycles. The zero-order valence-electron chi connectivity index (χ0n) is 11.2. The van der Waals surface area contributed by atoms with Gasteiger partial charge >= 0.3 is 0 Å². The van der Waals surface area contributed by atoms with Crippen LogP contribution in [-0.4, -0.2) is 6.10 Å². The van der Waals surface area contributed by atoms with Crippen molar-refractivity contribution in [3.8, 4) is 11.1 Å². The van der Waals surface area contributed by atoms with Crippen molar-refractivity contribution < 1.29 is 4.74 Å². The Balaban J connectivity index is 1.85. The van der Waals surface area contributed by atoms with Gasteiger partial charge in [0, 0.05) is 0 Å². The molecule has 2 heterocycles. The number of ether oxygens (including phenoxy) is 1. The molecule has 0 N–H and O–H groups in total. The summed E-state index contributed by atoms with van der Waals surface area (Å²) >= 11 is 0. The standard InChI is InChI=1S/C18H18O/c1-18-10-9-16(19-18)11-15-8-7-14(12-17(15)18)13-5-3-2-4-6-13/h2-8,12,16H,9-11H2,1H3/t16-,18+/m0/s1. The second-order valence-electron chi connectivity index (χ2n) is 5.95. The zero-order valence-corrected chi connectivity index (χ0v) is 11.2. The molecule has 1 saturated heterocycles. The van der Waals surface area contributed by atoms with Crippen molar-refractivity contribution >= 4 is 0 Å². The van der Waals surface area contributed by atoms with E-state index in [-0.39, 0.29) is 5.60 Å². The third-order valence-electron chi connectivity index (χ3n) is 4.60. The van der Waals surface area contributed by atoms with Crippen LogP contribution in [0.2, 0.25) is 0 Å². The predicted molar refractivity (Wildman–Crippen MR) is 77.0 cm³/mol. The number of rotatable bonds is 1. The molecule has 2 aliphatic heterocycles. The van der Waals surface area contributed by atoms with Gasteiger partial charge in [0.25, 0.3) is 0 Å². The fourth-order valence-corrected chi connectivity index (χ4v) is 3.57. The smallest absolute Gasteiger partial charge is 0.0911 e. The van der Waals surface area contributed by atoms with E-state index in [0.29, 0.717) is 6.10 Å². The van der Waals surface area contributed by atoms with E-state index in [1.807, 2.05) is 0 Å². The maximum absolute atomic E-state index is 6.20.